The molecule has 1 aliphatic heterocycles. The first kappa shape index (κ1) is 13.8. The van der Waals surface area contributed by atoms with Crippen LogP contribution in [0.4, 0.5) is 0 Å². The van der Waals surface area contributed by atoms with Crippen LogP contribution in [0.25, 0.3) is 0 Å². The summed E-state index contributed by atoms with van der Waals surface area (Å²) in [6.45, 7) is 5.97. The van der Waals surface area contributed by atoms with E-state index in [-0.39, 0.29) is 23.3 Å². The molecule has 0 aromatic heterocycles. The van der Waals surface area contributed by atoms with Crippen molar-refractivity contribution in [3.05, 3.63) is 0 Å². The van der Waals surface area contributed by atoms with Crippen molar-refractivity contribution in [3.8, 4) is 0 Å². The Hall–Kier alpha value is -0.610. The van der Waals surface area contributed by atoms with Gasteiger partial charge in [0.1, 0.15) is 0 Å². The van der Waals surface area contributed by atoms with E-state index in [1.807, 2.05) is 18.7 Å². The van der Waals surface area contributed by atoms with Gasteiger partial charge in [-0.15, -0.1) is 0 Å². The average molecular weight is 254 g/mol. The summed E-state index contributed by atoms with van der Waals surface area (Å²) < 4.78 is 0. The van der Waals surface area contributed by atoms with Crippen molar-refractivity contribution in [3.63, 3.8) is 0 Å². The highest BCUT2D eigenvalue weighted by Gasteiger charge is 2.45. The van der Waals surface area contributed by atoms with Gasteiger partial charge in [0.05, 0.1) is 6.04 Å². The molecule has 2 fully saturated rings. The zero-order valence-electron chi connectivity index (χ0n) is 11.6. The van der Waals surface area contributed by atoms with E-state index in [1.165, 1.54) is 0 Å². The molecule has 0 bridgehead atoms. The van der Waals surface area contributed by atoms with E-state index >= 15 is 0 Å². The number of carbonyl (C=O) groups is 1. The van der Waals surface area contributed by atoms with E-state index in [0.29, 0.717) is 12.5 Å². The fourth-order valence-corrected chi connectivity index (χ4v) is 3.47. The third kappa shape index (κ3) is 2.54. The summed E-state index contributed by atoms with van der Waals surface area (Å²) >= 11 is 0. The second-order valence-corrected chi connectivity index (χ2v) is 6.57. The van der Waals surface area contributed by atoms with Gasteiger partial charge < -0.3 is 15.7 Å². The Balaban J connectivity index is 1.94. The van der Waals surface area contributed by atoms with Gasteiger partial charge in [-0.25, -0.2) is 0 Å². The molecule has 0 radical (unpaired) electrons. The van der Waals surface area contributed by atoms with Crippen LogP contribution < -0.4 is 5.73 Å². The zero-order chi connectivity index (χ0) is 13.3. The average Bonchev–Trinajstić information content (AvgIpc) is 2.95. The molecule has 3 atom stereocenters. The molecule has 1 aliphatic carbocycles. The van der Waals surface area contributed by atoms with E-state index < -0.39 is 0 Å². The molecule has 4 nitrogen and oxygen atoms in total. The van der Waals surface area contributed by atoms with Crippen molar-refractivity contribution in [2.24, 2.45) is 23.0 Å². The number of aliphatic hydroxyl groups excluding tert-OH is 1. The van der Waals surface area contributed by atoms with Gasteiger partial charge >= 0.3 is 0 Å². The van der Waals surface area contributed by atoms with Crippen LogP contribution in [-0.4, -0.2) is 41.7 Å². The number of nitrogens with zero attached hydrogens (tertiary/aromatic N) is 1. The third-order valence-corrected chi connectivity index (χ3v) is 4.82. The maximum Gasteiger partial charge on any atom is 0.239 e. The molecule has 18 heavy (non-hydrogen) atoms. The van der Waals surface area contributed by atoms with Crippen LogP contribution in [0, 0.1) is 17.3 Å². The predicted molar refractivity (Wildman–Crippen MR) is 70.9 cm³/mol. The van der Waals surface area contributed by atoms with Gasteiger partial charge in [0, 0.05) is 19.7 Å². The molecule has 1 spiro atoms. The number of amides is 1. The smallest absolute Gasteiger partial charge is 0.239 e. The van der Waals surface area contributed by atoms with Gasteiger partial charge in [-0.05, 0) is 42.9 Å². The maximum absolute atomic E-state index is 12.2. The van der Waals surface area contributed by atoms with Crippen LogP contribution in [0.1, 0.15) is 39.5 Å². The summed E-state index contributed by atoms with van der Waals surface area (Å²) in [7, 11) is 0. The molecule has 2 rings (SSSR count). The summed E-state index contributed by atoms with van der Waals surface area (Å²) in [5.41, 5.74) is 6.23. The van der Waals surface area contributed by atoms with Crippen molar-refractivity contribution in [2.75, 3.05) is 19.7 Å². The normalized spacial score (nSPS) is 33.6. The molecular formula is C14H26N2O2. The lowest BCUT2D eigenvalue weighted by Gasteiger charge is -2.26. The Morgan fingerprint density at radius 2 is 2.22 bits per heavy atom. The molecular weight excluding hydrogens is 228 g/mol. The molecule has 1 saturated heterocycles. The molecule has 1 amide bonds. The van der Waals surface area contributed by atoms with Crippen molar-refractivity contribution >= 4 is 5.91 Å². The number of hydrogen-bond acceptors (Lipinski definition) is 3. The molecule has 4 heteroatoms. The molecule has 1 heterocycles. The minimum atomic E-state index is -0.366. The minimum absolute atomic E-state index is 0.106. The largest absolute Gasteiger partial charge is 0.396 e. The van der Waals surface area contributed by atoms with E-state index in [2.05, 4.69) is 0 Å². The number of aliphatic hydroxyl groups is 1. The van der Waals surface area contributed by atoms with Gasteiger partial charge in [0.15, 0.2) is 0 Å². The molecule has 3 N–H and O–H groups in total. The highest BCUT2D eigenvalue weighted by atomic mass is 16.3. The number of rotatable bonds is 3. The summed E-state index contributed by atoms with van der Waals surface area (Å²) in [5.74, 6) is 0.746. The van der Waals surface area contributed by atoms with Gasteiger partial charge in [-0.1, -0.05) is 13.8 Å². The summed E-state index contributed by atoms with van der Waals surface area (Å²) in [4.78, 5) is 14.2. The van der Waals surface area contributed by atoms with Crippen LogP contribution in [-0.2, 0) is 4.79 Å². The molecule has 0 aromatic carbocycles. The highest BCUT2D eigenvalue weighted by molar-refractivity contribution is 5.82. The second-order valence-electron chi connectivity index (χ2n) is 6.57. The van der Waals surface area contributed by atoms with E-state index in [0.717, 1.165) is 38.8 Å². The first-order chi connectivity index (χ1) is 8.47. The van der Waals surface area contributed by atoms with E-state index in [4.69, 9.17) is 5.73 Å². The highest BCUT2D eigenvalue weighted by Crippen LogP contribution is 2.48. The van der Waals surface area contributed by atoms with E-state index in [1.54, 1.807) is 0 Å². The lowest BCUT2D eigenvalue weighted by Crippen LogP contribution is -2.46. The van der Waals surface area contributed by atoms with Crippen molar-refractivity contribution < 1.29 is 9.90 Å². The van der Waals surface area contributed by atoms with E-state index in [9.17, 15) is 9.90 Å². The first-order valence-electron chi connectivity index (χ1n) is 7.13. The van der Waals surface area contributed by atoms with Crippen molar-refractivity contribution in [1.29, 1.82) is 0 Å². The first-order valence-corrected chi connectivity index (χ1v) is 7.13. The van der Waals surface area contributed by atoms with Gasteiger partial charge in [-0.3, -0.25) is 4.79 Å². The van der Waals surface area contributed by atoms with Gasteiger partial charge in [0.25, 0.3) is 0 Å². The molecule has 104 valence electrons. The lowest BCUT2D eigenvalue weighted by molar-refractivity contribution is -0.132. The number of nitrogens with two attached hydrogens (primary N) is 1. The monoisotopic (exact) mass is 254 g/mol. The fourth-order valence-electron chi connectivity index (χ4n) is 3.47. The summed E-state index contributed by atoms with van der Waals surface area (Å²) in [5, 5.41) is 9.25. The SMILES string of the molecule is CC(C)C(N)C(=O)N1CCC2(CCC(CO)C2)C1. The van der Waals surface area contributed by atoms with Crippen LogP contribution in [0.3, 0.4) is 0 Å². The number of carbonyl (C=O) groups excluding carboxylic acids is 1. The molecule has 0 aromatic rings. The quantitative estimate of drug-likeness (QED) is 0.789. The third-order valence-electron chi connectivity index (χ3n) is 4.82. The van der Waals surface area contributed by atoms with Crippen LogP contribution in [0.5, 0.6) is 0 Å². The molecule has 3 unspecified atom stereocenters. The Morgan fingerprint density at radius 3 is 2.78 bits per heavy atom. The van der Waals surface area contributed by atoms with Crippen LogP contribution >= 0.6 is 0 Å². The fraction of sp³-hybridized carbons (Fsp3) is 0.929. The summed E-state index contributed by atoms with van der Waals surface area (Å²) in [6, 6.07) is -0.366. The Morgan fingerprint density at radius 1 is 1.50 bits per heavy atom. The van der Waals surface area contributed by atoms with Gasteiger partial charge in [-0.2, -0.15) is 0 Å². The maximum atomic E-state index is 12.2. The van der Waals surface area contributed by atoms with Crippen molar-refractivity contribution in [2.45, 2.75) is 45.6 Å². The predicted octanol–water partition coefficient (Wildman–Crippen LogP) is 0.981. The molecule has 1 saturated carbocycles. The Bertz CT molecular complexity index is 319. The van der Waals surface area contributed by atoms with Gasteiger partial charge in [0.2, 0.25) is 5.91 Å². The minimum Gasteiger partial charge on any atom is -0.396 e. The number of hydrogen-bond donors (Lipinski definition) is 2. The lowest BCUT2D eigenvalue weighted by atomic mass is 9.84. The Labute approximate surface area is 110 Å². The number of likely N-dealkylation sites (tertiary alicyclic amines) is 1. The topological polar surface area (TPSA) is 66.6 Å². The van der Waals surface area contributed by atoms with Crippen molar-refractivity contribution in [1.82, 2.24) is 4.90 Å². The summed E-state index contributed by atoms with van der Waals surface area (Å²) in [6.07, 6.45) is 4.41. The molecule has 2 aliphatic rings. The zero-order valence-corrected chi connectivity index (χ0v) is 11.6. The Kier molecular flexibility index (Phi) is 3.97. The standard InChI is InChI=1S/C14H26N2O2/c1-10(2)12(15)13(18)16-6-5-14(9-16)4-3-11(7-14)8-17/h10-12,17H,3-9,15H2,1-2H3. The van der Waals surface area contributed by atoms with Crippen LogP contribution in [0.2, 0.25) is 0 Å². The van der Waals surface area contributed by atoms with Crippen LogP contribution in [0.15, 0.2) is 0 Å². The second kappa shape index (κ2) is 5.17.